The second-order valence-electron chi connectivity index (χ2n) is 10.5. The molecule has 2 aliphatic heterocycles. The second kappa shape index (κ2) is 8.40. The van der Waals surface area contributed by atoms with E-state index in [9.17, 15) is 9.59 Å². The predicted octanol–water partition coefficient (Wildman–Crippen LogP) is 4.70. The number of nitrogens with two attached hydrogens (primary N) is 1. The van der Waals surface area contributed by atoms with Crippen molar-refractivity contribution in [2.24, 2.45) is 11.7 Å². The molecule has 0 saturated carbocycles. The van der Waals surface area contributed by atoms with Gasteiger partial charge >= 0.3 is 0 Å². The Morgan fingerprint density at radius 3 is 2.62 bits per heavy atom. The van der Waals surface area contributed by atoms with Gasteiger partial charge in [0.1, 0.15) is 5.75 Å². The van der Waals surface area contributed by atoms with Gasteiger partial charge in [-0.3, -0.25) is 9.59 Å². The number of nitrogens with zero attached hydrogens (tertiary/aromatic N) is 2. The summed E-state index contributed by atoms with van der Waals surface area (Å²) in [5, 5.41) is 1.04. The maximum atomic E-state index is 13.8. The maximum Gasteiger partial charge on any atom is 0.248 e. The van der Waals surface area contributed by atoms with E-state index in [1.165, 1.54) is 0 Å². The predicted molar refractivity (Wildman–Crippen MR) is 146 cm³/mol. The van der Waals surface area contributed by atoms with Crippen molar-refractivity contribution >= 4 is 34.1 Å². The summed E-state index contributed by atoms with van der Waals surface area (Å²) in [5.41, 5.74) is 11.1. The van der Waals surface area contributed by atoms with Crippen molar-refractivity contribution in [3.8, 4) is 16.9 Å². The van der Waals surface area contributed by atoms with Crippen LogP contribution in [0.2, 0.25) is 0 Å². The molecule has 0 bridgehead atoms. The van der Waals surface area contributed by atoms with Crippen molar-refractivity contribution in [2.75, 3.05) is 36.5 Å². The summed E-state index contributed by atoms with van der Waals surface area (Å²) in [6.45, 7) is 6.22. The first-order valence-corrected chi connectivity index (χ1v) is 12.5. The Labute approximate surface area is 215 Å². The smallest absolute Gasteiger partial charge is 0.248 e. The van der Waals surface area contributed by atoms with Gasteiger partial charge in [0, 0.05) is 71.2 Å². The van der Waals surface area contributed by atoms with Gasteiger partial charge in [-0.25, -0.2) is 0 Å². The normalized spacial score (nSPS) is 16.7. The minimum Gasteiger partial charge on any atom is -0.497 e. The molecule has 4 aromatic rings. The third-order valence-corrected chi connectivity index (χ3v) is 7.79. The summed E-state index contributed by atoms with van der Waals surface area (Å²) in [6.07, 6.45) is 1.95. The molecule has 3 heterocycles. The Hall–Kier alpha value is -4.26. The zero-order valence-electron chi connectivity index (χ0n) is 21.2. The van der Waals surface area contributed by atoms with Gasteiger partial charge in [0.15, 0.2) is 0 Å². The fourth-order valence-corrected chi connectivity index (χ4v) is 5.84. The van der Waals surface area contributed by atoms with Crippen LogP contribution in [0.3, 0.4) is 0 Å². The number of carbonyl (C=O) groups excluding carboxylic acids is 2. The van der Waals surface area contributed by atoms with Crippen LogP contribution in [0.1, 0.15) is 29.8 Å². The third kappa shape index (κ3) is 3.65. The second-order valence-corrected chi connectivity index (χ2v) is 10.5. The van der Waals surface area contributed by atoms with Crippen LogP contribution in [-0.2, 0) is 10.2 Å². The lowest BCUT2D eigenvalue weighted by Gasteiger charge is -2.43. The zero-order chi connectivity index (χ0) is 25.9. The van der Waals surface area contributed by atoms with Crippen LogP contribution in [0, 0.1) is 5.92 Å². The Morgan fingerprint density at radius 1 is 1.08 bits per heavy atom. The lowest BCUT2D eigenvalue weighted by atomic mass is 9.80. The largest absolute Gasteiger partial charge is 0.497 e. The molecule has 0 radical (unpaired) electrons. The SMILES string of the molecule is COc1cccc(N2CC(CN3C(=O)C(C)(C)c4c(-c5c[nH]c6ccccc56)cc(C(N)=O)cc43)C2)c1. The number of methoxy groups -OCH3 is 1. The van der Waals surface area contributed by atoms with Crippen molar-refractivity contribution in [1.82, 2.24) is 4.98 Å². The average Bonchev–Trinajstić information content (AvgIpc) is 3.38. The number of hydrogen-bond acceptors (Lipinski definition) is 4. The van der Waals surface area contributed by atoms with Gasteiger partial charge in [0.05, 0.1) is 12.5 Å². The standard InChI is InChI=1S/C30H30N4O3/c1-30(2)27-23(24-14-32-25-10-5-4-9-22(24)25)11-19(28(31)35)12-26(27)34(29(30)36)17-18-15-33(16-18)20-7-6-8-21(13-20)37-3/h4-14,18,32H,15-17H2,1-3H3,(H2,31,35). The zero-order valence-corrected chi connectivity index (χ0v) is 21.2. The van der Waals surface area contributed by atoms with E-state index in [0.29, 0.717) is 18.0 Å². The first-order chi connectivity index (χ1) is 17.8. The number of aromatic amines is 1. The molecule has 7 heteroatoms. The lowest BCUT2D eigenvalue weighted by Crippen LogP contribution is -2.53. The molecule has 3 aromatic carbocycles. The molecule has 0 unspecified atom stereocenters. The van der Waals surface area contributed by atoms with Crippen LogP contribution in [0.4, 0.5) is 11.4 Å². The molecule has 1 aromatic heterocycles. The number of rotatable bonds is 6. The third-order valence-electron chi connectivity index (χ3n) is 7.79. The van der Waals surface area contributed by atoms with E-state index in [0.717, 1.165) is 57.8 Å². The number of anilines is 2. The monoisotopic (exact) mass is 494 g/mol. The molecule has 1 saturated heterocycles. The fourth-order valence-electron chi connectivity index (χ4n) is 5.84. The number of amides is 2. The number of hydrogen-bond donors (Lipinski definition) is 2. The van der Waals surface area contributed by atoms with Crippen LogP contribution >= 0.6 is 0 Å². The van der Waals surface area contributed by atoms with Crippen molar-refractivity contribution in [3.05, 3.63) is 78.0 Å². The van der Waals surface area contributed by atoms with E-state index in [4.69, 9.17) is 10.5 Å². The van der Waals surface area contributed by atoms with E-state index in [1.54, 1.807) is 13.2 Å². The van der Waals surface area contributed by atoms with E-state index in [1.807, 2.05) is 73.5 Å². The highest BCUT2D eigenvalue weighted by molar-refractivity contribution is 6.13. The van der Waals surface area contributed by atoms with E-state index >= 15 is 0 Å². The Bertz CT molecular complexity index is 1550. The van der Waals surface area contributed by atoms with E-state index in [-0.39, 0.29) is 5.91 Å². The summed E-state index contributed by atoms with van der Waals surface area (Å²) < 4.78 is 5.36. The Balaban J connectivity index is 1.37. The van der Waals surface area contributed by atoms with Crippen LogP contribution in [0.5, 0.6) is 5.75 Å². The van der Waals surface area contributed by atoms with Gasteiger partial charge in [0.2, 0.25) is 11.8 Å². The summed E-state index contributed by atoms with van der Waals surface area (Å²) in [5.74, 6) is 0.680. The maximum absolute atomic E-state index is 13.8. The molecular formula is C30H30N4O3. The number of aromatic nitrogens is 1. The first-order valence-electron chi connectivity index (χ1n) is 12.5. The number of H-pyrrole nitrogens is 1. The molecule has 1 fully saturated rings. The molecule has 188 valence electrons. The Morgan fingerprint density at radius 2 is 1.86 bits per heavy atom. The minimum atomic E-state index is -0.741. The van der Waals surface area contributed by atoms with E-state index < -0.39 is 11.3 Å². The number of para-hydroxylation sites is 1. The minimum absolute atomic E-state index is 0.0463. The molecule has 7 nitrogen and oxygen atoms in total. The van der Waals surface area contributed by atoms with Crippen LogP contribution in [-0.4, -0.2) is 43.5 Å². The quantitative estimate of drug-likeness (QED) is 0.406. The Kier molecular flexibility index (Phi) is 5.26. The number of benzene rings is 3. The number of ether oxygens (including phenoxy) is 1. The van der Waals surface area contributed by atoms with Crippen molar-refractivity contribution < 1.29 is 14.3 Å². The molecule has 0 atom stereocenters. The highest BCUT2D eigenvalue weighted by atomic mass is 16.5. The van der Waals surface area contributed by atoms with Gasteiger partial charge < -0.3 is 25.3 Å². The van der Waals surface area contributed by atoms with Gasteiger partial charge in [-0.1, -0.05) is 24.3 Å². The molecule has 37 heavy (non-hydrogen) atoms. The molecule has 0 aliphatic carbocycles. The van der Waals surface area contributed by atoms with Crippen molar-refractivity contribution in [2.45, 2.75) is 19.3 Å². The van der Waals surface area contributed by atoms with Crippen LogP contribution in [0.25, 0.3) is 22.0 Å². The molecule has 2 amide bonds. The number of carbonyl (C=O) groups is 2. The summed E-state index contributed by atoms with van der Waals surface area (Å²) >= 11 is 0. The number of nitrogens with one attached hydrogen (secondary N) is 1. The lowest BCUT2D eigenvalue weighted by molar-refractivity contribution is -0.122. The summed E-state index contributed by atoms with van der Waals surface area (Å²) in [7, 11) is 1.67. The van der Waals surface area contributed by atoms with Gasteiger partial charge in [-0.15, -0.1) is 0 Å². The average molecular weight is 495 g/mol. The molecule has 2 aliphatic rings. The summed E-state index contributed by atoms with van der Waals surface area (Å²) in [6, 6.07) is 19.7. The fraction of sp³-hybridized carbons (Fsp3) is 0.267. The van der Waals surface area contributed by atoms with Gasteiger partial charge in [-0.2, -0.15) is 0 Å². The van der Waals surface area contributed by atoms with Gasteiger partial charge in [0.25, 0.3) is 0 Å². The van der Waals surface area contributed by atoms with E-state index in [2.05, 4.69) is 16.0 Å². The molecular weight excluding hydrogens is 464 g/mol. The number of fused-ring (bicyclic) bond motifs is 2. The van der Waals surface area contributed by atoms with Crippen molar-refractivity contribution in [3.63, 3.8) is 0 Å². The number of primary amides is 1. The first kappa shape index (κ1) is 23.2. The highest BCUT2D eigenvalue weighted by Crippen LogP contribution is 2.49. The molecule has 6 rings (SSSR count). The van der Waals surface area contributed by atoms with Crippen LogP contribution < -0.4 is 20.3 Å². The molecule has 0 spiro atoms. The van der Waals surface area contributed by atoms with Crippen molar-refractivity contribution in [1.29, 1.82) is 0 Å². The van der Waals surface area contributed by atoms with Gasteiger partial charge in [-0.05, 0) is 55.3 Å². The summed E-state index contributed by atoms with van der Waals surface area (Å²) in [4.78, 5) is 33.7. The molecule has 3 N–H and O–H groups in total. The van der Waals surface area contributed by atoms with Crippen LogP contribution in [0.15, 0.2) is 66.9 Å². The topological polar surface area (TPSA) is 91.7 Å². The highest BCUT2D eigenvalue weighted by Gasteiger charge is 2.47.